The van der Waals surface area contributed by atoms with Gasteiger partial charge in [0.05, 0.1) is 50.6 Å². The highest BCUT2D eigenvalue weighted by Gasteiger charge is 2.18. The van der Waals surface area contributed by atoms with Crippen molar-refractivity contribution in [3.05, 3.63) is 52.4 Å². The average Bonchev–Trinajstić information content (AvgIpc) is 2.75. The molecule has 1 aromatic heterocycles. The van der Waals surface area contributed by atoms with Crippen molar-refractivity contribution in [2.24, 2.45) is 0 Å². The van der Waals surface area contributed by atoms with E-state index in [0.29, 0.717) is 33.6 Å². The fraction of sp³-hybridized carbons (Fsp3) is 0.227. The minimum Gasteiger partial charge on any atom is -0.507 e. The minimum atomic E-state index is -0.607. The van der Waals surface area contributed by atoms with E-state index in [0.717, 1.165) is 0 Å². The lowest BCUT2D eigenvalue weighted by Gasteiger charge is -2.17. The quantitative estimate of drug-likeness (QED) is 0.470. The molecule has 0 atom stereocenters. The van der Waals surface area contributed by atoms with E-state index in [1.165, 1.54) is 25.2 Å². The summed E-state index contributed by atoms with van der Waals surface area (Å²) in [6.07, 6.45) is 0. The zero-order chi connectivity index (χ0) is 21.7. The lowest BCUT2D eigenvalue weighted by Crippen LogP contribution is -2.24. The van der Waals surface area contributed by atoms with Crippen molar-refractivity contribution in [2.75, 3.05) is 27.3 Å². The van der Waals surface area contributed by atoms with Crippen LogP contribution in [0.15, 0.2) is 45.6 Å². The van der Waals surface area contributed by atoms with Crippen LogP contribution in [0.3, 0.4) is 0 Å². The standard InChI is InChI=1S/C22H19N3O5/c1-28-15-4-5-16(20(12-15)29-2)17-11-14-3-6-19(26)18(21(14)30-22(17)27)13-25(9-7-23)10-8-24/h3-6,11-12,26H,9-10,13H2,1-2H3. The van der Waals surface area contributed by atoms with Gasteiger partial charge >= 0.3 is 5.63 Å². The van der Waals surface area contributed by atoms with Crippen LogP contribution in [0.25, 0.3) is 22.1 Å². The minimum absolute atomic E-state index is 0.00521. The van der Waals surface area contributed by atoms with Crippen molar-refractivity contribution < 1.29 is 19.0 Å². The van der Waals surface area contributed by atoms with Crippen LogP contribution < -0.4 is 15.1 Å². The maximum atomic E-state index is 12.8. The molecule has 0 unspecified atom stereocenters. The number of benzene rings is 2. The fourth-order valence-electron chi connectivity index (χ4n) is 3.18. The van der Waals surface area contributed by atoms with Gasteiger partial charge in [-0.05, 0) is 30.3 Å². The average molecular weight is 405 g/mol. The van der Waals surface area contributed by atoms with E-state index in [9.17, 15) is 9.90 Å². The van der Waals surface area contributed by atoms with Gasteiger partial charge in [-0.15, -0.1) is 0 Å². The summed E-state index contributed by atoms with van der Waals surface area (Å²) in [6.45, 7) is 0.0714. The first kappa shape index (κ1) is 20.7. The number of nitriles is 2. The SMILES string of the molecule is COc1ccc(-c2cc3ccc(O)c(CN(CC#N)CC#N)c3oc2=O)c(OC)c1. The molecule has 0 amide bonds. The zero-order valence-electron chi connectivity index (χ0n) is 16.5. The number of fused-ring (bicyclic) bond motifs is 1. The van der Waals surface area contributed by atoms with Gasteiger partial charge in [0.2, 0.25) is 0 Å². The molecule has 0 saturated carbocycles. The van der Waals surface area contributed by atoms with E-state index in [1.807, 2.05) is 12.1 Å². The second-order valence-corrected chi connectivity index (χ2v) is 6.46. The monoisotopic (exact) mass is 405 g/mol. The number of phenols is 1. The highest BCUT2D eigenvalue weighted by Crippen LogP contribution is 2.34. The molecule has 3 rings (SSSR count). The Morgan fingerprint density at radius 2 is 1.77 bits per heavy atom. The Bertz CT molecular complexity index is 1200. The topological polar surface area (TPSA) is 120 Å². The molecular formula is C22H19N3O5. The Morgan fingerprint density at radius 3 is 2.40 bits per heavy atom. The third kappa shape index (κ3) is 4.04. The second kappa shape index (κ2) is 8.99. The van der Waals surface area contributed by atoms with Crippen molar-refractivity contribution in [1.82, 2.24) is 4.90 Å². The Hall–Kier alpha value is -4.01. The van der Waals surface area contributed by atoms with E-state index >= 15 is 0 Å². The van der Waals surface area contributed by atoms with Gasteiger partial charge in [-0.3, -0.25) is 4.90 Å². The van der Waals surface area contributed by atoms with Crippen LogP contribution in [-0.4, -0.2) is 37.3 Å². The van der Waals surface area contributed by atoms with Gasteiger partial charge in [0.25, 0.3) is 0 Å². The van der Waals surface area contributed by atoms with Crippen LogP contribution in [0.2, 0.25) is 0 Å². The highest BCUT2D eigenvalue weighted by atomic mass is 16.5. The van der Waals surface area contributed by atoms with Gasteiger partial charge in [0.1, 0.15) is 22.8 Å². The summed E-state index contributed by atoms with van der Waals surface area (Å²) in [5.74, 6) is 0.957. The lowest BCUT2D eigenvalue weighted by molar-refractivity contribution is 0.326. The zero-order valence-corrected chi connectivity index (χ0v) is 16.5. The molecule has 2 aromatic carbocycles. The molecule has 0 saturated heterocycles. The van der Waals surface area contributed by atoms with E-state index in [1.54, 1.807) is 30.3 Å². The Labute approximate surface area is 172 Å². The summed E-state index contributed by atoms with van der Waals surface area (Å²) in [4.78, 5) is 14.3. The summed E-state index contributed by atoms with van der Waals surface area (Å²) < 4.78 is 16.2. The van der Waals surface area contributed by atoms with Crippen LogP contribution in [0.4, 0.5) is 0 Å². The fourth-order valence-corrected chi connectivity index (χ4v) is 3.18. The van der Waals surface area contributed by atoms with Gasteiger partial charge < -0.3 is 19.0 Å². The third-order valence-electron chi connectivity index (χ3n) is 4.65. The van der Waals surface area contributed by atoms with Gasteiger partial charge in [-0.25, -0.2) is 4.79 Å². The number of phenolic OH excluding ortho intramolecular Hbond substituents is 1. The molecule has 152 valence electrons. The maximum Gasteiger partial charge on any atom is 0.344 e. The molecule has 3 aromatic rings. The Balaban J connectivity index is 2.14. The van der Waals surface area contributed by atoms with Gasteiger partial charge in [0, 0.05) is 23.6 Å². The molecule has 0 fully saturated rings. The number of ether oxygens (including phenoxy) is 2. The first-order chi connectivity index (χ1) is 14.5. The first-order valence-corrected chi connectivity index (χ1v) is 8.99. The molecule has 30 heavy (non-hydrogen) atoms. The molecule has 0 aliphatic rings. The Morgan fingerprint density at radius 1 is 1.03 bits per heavy atom. The summed E-state index contributed by atoms with van der Waals surface area (Å²) in [5, 5.41) is 28.8. The number of hydrogen-bond acceptors (Lipinski definition) is 8. The van der Waals surface area contributed by atoms with E-state index in [-0.39, 0.29) is 31.0 Å². The largest absolute Gasteiger partial charge is 0.507 e. The summed E-state index contributed by atoms with van der Waals surface area (Å²) in [6, 6.07) is 13.8. The highest BCUT2D eigenvalue weighted by molar-refractivity contribution is 5.86. The molecule has 0 radical (unpaired) electrons. The van der Waals surface area contributed by atoms with E-state index < -0.39 is 5.63 Å². The van der Waals surface area contributed by atoms with Gasteiger partial charge in [-0.1, -0.05) is 0 Å². The number of hydrogen-bond donors (Lipinski definition) is 1. The third-order valence-corrected chi connectivity index (χ3v) is 4.65. The van der Waals surface area contributed by atoms with Crippen molar-refractivity contribution in [3.63, 3.8) is 0 Å². The number of methoxy groups -OCH3 is 2. The van der Waals surface area contributed by atoms with Crippen LogP contribution in [0.1, 0.15) is 5.56 Å². The molecule has 1 heterocycles. The van der Waals surface area contributed by atoms with Crippen LogP contribution >= 0.6 is 0 Å². The van der Waals surface area contributed by atoms with Gasteiger partial charge in [-0.2, -0.15) is 10.5 Å². The molecule has 0 aliphatic heterocycles. The number of nitrogens with zero attached hydrogens (tertiary/aromatic N) is 3. The molecule has 1 N–H and O–H groups in total. The number of rotatable bonds is 7. The summed E-state index contributed by atoms with van der Waals surface area (Å²) in [5.41, 5.74) is 0.772. The Kier molecular flexibility index (Phi) is 6.21. The maximum absolute atomic E-state index is 12.8. The summed E-state index contributed by atoms with van der Waals surface area (Å²) >= 11 is 0. The predicted octanol–water partition coefficient (Wildman–Crippen LogP) is 3.03. The molecule has 0 spiro atoms. The first-order valence-electron chi connectivity index (χ1n) is 8.99. The lowest BCUT2D eigenvalue weighted by atomic mass is 10.0. The molecular weight excluding hydrogens is 386 g/mol. The van der Waals surface area contributed by atoms with Crippen LogP contribution in [0, 0.1) is 22.7 Å². The number of aromatic hydroxyl groups is 1. The molecule has 0 aliphatic carbocycles. The van der Waals surface area contributed by atoms with Crippen molar-refractivity contribution in [3.8, 4) is 40.5 Å². The smallest absolute Gasteiger partial charge is 0.344 e. The van der Waals surface area contributed by atoms with Crippen LogP contribution in [0.5, 0.6) is 17.2 Å². The van der Waals surface area contributed by atoms with Crippen LogP contribution in [-0.2, 0) is 6.54 Å². The van der Waals surface area contributed by atoms with E-state index in [4.69, 9.17) is 24.4 Å². The van der Waals surface area contributed by atoms with Crippen molar-refractivity contribution in [1.29, 1.82) is 10.5 Å². The second-order valence-electron chi connectivity index (χ2n) is 6.46. The summed E-state index contributed by atoms with van der Waals surface area (Å²) in [7, 11) is 3.03. The van der Waals surface area contributed by atoms with E-state index in [2.05, 4.69) is 0 Å². The molecule has 8 nitrogen and oxygen atoms in total. The van der Waals surface area contributed by atoms with Gasteiger partial charge in [0.15, 0.2) is 0 Å². The van der Waals surface area contributed by atoms with Crippen molar-refractivity contribution >= 4 is 11.0 Å². The normalized spacial score (nSPS) is 10.6. The molecule has 8 heteroatoms. The predicted molar refractivity (Wildman–Crippen MR) is 109 cm³/mol. The molecule has 0 bridgehead atoms. The van der Waals surface area contributed by atoms with Crippen molar-refractivity contribution in [2.45, 2.75) is 6.54 Å².